The van der Waals surface area contributed by atoms with Crippen LogP contribution in [0.4, 0.5) is 0 Å². The molecule has 0 fully saturated rings. The van der Waals surface area contributed by atoms with E-state index in [4.69, 9.17) is 9.15 Å². The Kier molecular flexibility index (Phi) is 6.33. The molecule has 0 bridgehead atoms. The minimum absolute atomic E-state index is 0.214. The van der Waals surface area contributed by atoms with Crippen molar-refractivity contribution in [1.29, 1.82) is 0 Å². The number of amides is 2. The number of carbonyl (C=O) groups is 2. The monoisotopic (exact) mass is 338 g/mol. The third-order valence-electron chi connectivity index (χ3n) is 2.99. The van der Waals surface area contributed by atoms with Crippen LogP contribution in [0.5, 0.6) is 0 Å². The number of nitrogens with one attached hydrogen (secondary N) is 2. The van der Waals surface area contributed by atoms with Crippen LogP contribution in [0, 0.1) is 0 Å². The number of ether oxygens (including phenoxy) is 1. The smallest absolute Gasteiger partial charge is 0.309 e. The Labute approximate surface area is 137 Å². The van der Waals surface area contributed by atoms with Crippen molar-refractivity contribution in [2.45, 2.75) is 12.6 Å². The van der Waals surface area contributed by atoms with Gasteiger partial charge in [-0.3, -0.25) is 9.59 Å². The van der Waals surface area contributed by atoms with Crippen LogP contribution in [0.1, 0.15) is 21.6 Å². The summed E-state index contributed by atoms with van der Waals surface area (Å²) in [7, 11) is 1.51. The number of rotatable bonds is 7. The van der Waals surface area contributed by atoms with Gasteiger partial charge in [0.1, 0.15) is 11.9 Å². The lowest BCUT2D eigenvalue weighted by atomic mass is 10.2. The van der Waals surface area contributed by atoms with Gasteiger partial charge in [-0.25, -0.2) is 0 Å². The normalized spacial score (nSPS) is 11.9. The molecule has 1 atom stereocenters. The minimum Gasteiger partial charge on any atom is -0.466 e. The van der Waals surface area contributed by atoms with Crippen molar-refractivity contribution < 1.29 is 23.8 Å². The maximum absolute atomic E-state index is 11.6. The third kappa shape index (κ3) is 4.92. The Morgan fingerprint density at radius 2 is 2.09 bits per heavy atom. The summed E-state index contributed by atoms with van der Waals surface area (Å²) in [6.45, 7) is 0.839. The molecule has 7 nitrogen and oxygen atoms in total. The molecule has 23 heavy (non-hydrogen) atoms. The molecule has 0 saturated carbocycles. The molecule has 0 saturated heterocycles. The molecule has 8 heteroatoms. The van der Waals surface area contributed by atoms with E-state index in [1.165, 1.54) is 24.7 Å². The quantitative estimate of drug-likeness (QED) is 0.512. The van der Waals surface area contributed by atoms with Gasteiger partial charge in [-0.05, 0) is 24.3 Å². The Balaban J connectivity index is 1.82. The molecule has 0 aliphatic carbocycles. The molecule has 0 spiro atoms. The topological polar surface area (TPSA) is 101 Å². The van der Waals surface area contributed by atoms with Gasteiger partial charge in [0, 0.05) is 23.4 Å². The lowest BCUT2D eigenvalue weighted by Gasteiger charge is -2.05. The fourth-order valence-corrected chi connectivity index (χ4v) is 2.77. The summed E-state index contributed by atoms with van der Waals surface area (Å²) in [5.41, 5.74) is 0. The van der Waals surface area contributed by atoms with Crippen LogP contribution in [-0.2, 0) is 20.9 Å². The SMILES string of the molecule is COCCNC(=O)C(=O)NCc1ccc(C(O)c2ccco2)s1. The van der Waals surface area contributed by atoms with Gasteiger partial charge in [-0.15, -0.1) is 11.3 Å². The largest absolute Gasteiger partial charge is 0.466 e. The molecule has 0 aromatic carbocycles. The molecule has 0 radical (unpaired) electrons. The molecule has 1 unspecified atom stereocenters. The second kappa shape index (κ2) is 8.47. The van der Waals surface area contributed by atoms with Crippen LogP contribution in [0.15, 0.2) is 34.9 Å². The summed E-state index contributed by atoms with van der Waals surface area (Å²) >= 11 is 1.34. The number of furan rings is 1. The number of methoxy groups -OCH3 is 1. The third-order valence-corrected chi connectivity index (χ3v) is 4.12. The molecule has 3 N–H and O–H groups in total. The Morgan fingerprint density at radius 3 is 2.78 bits per heavy atom. The standard InChI is InChI=1S/C15H18N2O5S/c1-21-8-6-16-14(19)15(20)17-9-10-4-5-12(23-10)13(18)11-3-2-7-22-11/h2-5,7,13,18H,6,8-9H2,1H3,(H,16,19)(H,17,20). The van der Waals surface area contributed by atoms with Crippen molar-refractivity contribution in [2.24, 2.45) is 0 Å². The molecule has 0 aliphatic rings. The van der Waals surface area contributed by atoms with E-state index in [0.717, 1.165) is 4.88 Å². The van der Waals surface area contributed by atoms with Crippen molar-refractivity contribution in [3.8, 4) is 0 Å². The zero-order valence-electron chi connectivity index (χ0n) is 12.6. The predicted octanol–water partition coefficient (Wildman–Crippen LogP) is 0.802. The van der Waals surface area contributed by atoms with Gasteiger partial charge >= 0.3 is 11.8 Å². The van der Waals surface area contributed by atoms with E-state index in [9.17, 15) is 14.7 Å². The van der Waals surface area contributed by atoms with E-state index >= 15 is 0 Å². The summed E-state index contributed by atoms with van der Waals surface area (Å²) in [5, 5.41) is 15.1. The molecule has 2 rings (SSSR count). The van der Waals surface area contributed by atoms with Crippen molar-refractivity contribution in [3.63, 3.8) is 0 Å². The van der Waals surface area contributed by atoms with Crippen LogP contribution in [0.25, 0.3) is 0 Å². The summed E-state index contributed by atoms with van der Waals surface area (Å²) in [6, 6.07) is 6.94. The maximum atomic E-state index is 11.6. The van der Waals surface area contributed by atoms with Gasteiger partial charge in [-0.1, -0.05) is 0 Å². The predicted molar refractivity (Wildman–Crippen MR) is 83.8 cm³/mol. The molecular formula is C15H18N2O5S. The number of hydrogen-bond acceptors (Lipinski definition) is 6. The first kappa shape index (κ1) is 17.2. The minimum atomic E-state index is -0.836. The van der Waals surface area contributed by atoms with Gasteiger partial charge in [0.05, 0.1) is 19.4 Å². The molecule has 2 aromatic rings. The van der Waals surface area contributed by atoms with E-state index in [1.54, 1.807) is 24.3 Å². The van der Waals surface area contributed by atoms with Gasteiger partial charge in [0.15, 0.2) is 0 Å². The van der Waals surface area contributed by atoms with E-state index in [1.807, 2.05) is 0 Å². The van der Waals surface area contributed by atoms with Crippen molar-refractivity contribution in [3.05, 3.63) is 46.0 Å². The van der Waals surface area contributed by atoms with E-state index in [-0.39, 0.29) is 13.1 Å². The molecule has 2 heterocycles. The lowest BCUT2D eigenvalue weighted by molar-refractivity contribution is -0.139. The molecular weight excluding hydrogens is 320 g/mol. The number of hydrogen-bond donors (Lipinski definition) is 3. The molecule has 2 aromatic heterocycles. The van der Waals surface area contributed by atoms with Gasteiger partial charge in [0.2, 0.25) is 0 Å². The highest BCUT2D eigenvalue weighted by Crippen LogP contribution is 2.28. The summed E-state index contributed by atoms with van der Waals surface area (Å²) in [4.78, 5) is 24.6. The number of carbonyl (C=O) groups excluding carboxylic acids is 2. The van der Waals surface area contributed by atoms with E-state index in [2.05, 4.69) is 10.6 Å². The highest BCUT2D eigenvalue weighted by atomic mass is 32.1. The highest BCUT2D eigenvalue weighted by Gasteiger charge is 2.17. The first-order valence-electron chi connectivity index (χ1n) is 6.97. The van der Waals surface area contributed by atoms with Crippen LogP contribution >= 0.6 is 11.3 Å². The van der Waals surface area contributed by atoms with Gasteiger partial charge in [0.25, 0.3) is 0 Å². The first-order chi connectivity index (χ1) is 11.1. The Bertz CT molecular complexity index is 638. The van der Waals surface area contributed by atoms with Crippen LogP contribution in [0.2, 0.25) is 0 Å². The maximum Gasteiger partial charge on any atom is 0.309 e. The van der Waals surface area contributed by atoms with Crippen LogP contribution in [0.3, 0.4) is 0 Å². The van der Waals surface area contributed by atoms with Crippen LogP contribution in [-0.4, -0.2) is 37.2 Å². The van der Waals surface area contributed by atoms with Crippen molar-refractivity contribution >= 4 is 23.2 Å². The zero-order chi connectivity index (χ0) is 16.7. The number of aliphatic hydroxyl groups is 1. The van der Waals surface area contributed by atoms with Gasteiger partial charge in [-0.2, -0.15) is 0 Å². The second-order valence-electron chi connectivity index (χ2n) is 4.65. The van der Waals surface area contributed by atoms with E-state index in [0.29, 0.717) is 17.2 Å². The fourth-order valence-electron chi connectivity index (χ4n) is 1.82. The highest BCUT2D eigenvalue weighted by molar-refractivity contribution is 7.12. The van der Waals surface area contributed by atoms with Crippen molar-refractivity contribution in [1.82, 2.24) is 10.6 Å². The number of thiophene rings is 1. The Hall–Kier alpha value is -2.16. The van der Waals surface area contributed by atoms with E-state index < -0.39 is 17.9 Å². The first-order valence-corrected chi connectivity index (χ1v) is 7.78. The summed E-state index contributed by atoms with van der Waals surface area (Å²) < 4.78 is 9.94. The number of aliphatic hydroxyl groups excluding tert-OH is 1. The average molecular weight is 338 g/mol. The van der Waals surface area contributed by atoms with Crippen molar-refractivity contribution in [2.75, 3.05) is 20.3 Å². The summed E-state index contributed by atoms with van der Waals surface area (Å²) in [5.74, 6) is -0.947. The Morgan fingerprint density at radius 1 is 1.30 bits per heavy atom. The van der Waals surface area contributed by atoms with Gasteiger partial charge < -0.3 is 24.9 Å². The molecule has 0 aliphatic heterocycles. The lowest BCUT2D eigenvalue weighted by Crippen LogP contribution is -2.40. The molecule has 2 amide bonds. The molecule has 124 valence electrons. The second-order valence-corrected chi connectivity index (χ2v) is 5.85. The van der Waals surface area contributed by atoms with Crippen LogP contribution < -0.4 is 10.6 Å². The summed E-state index contributed by atoms with van der Waals surface area (Å²) in [6.07, 6.45) is 0.659. The fraction of sp³-hybridized carbons (Fsp3) is 0.333. The average Bonchev–Trinajstić information content (AvgIpc) is 3.23. The zero-order valence-corrected chi connectivity index (χ0v) is 13.4.